The summed E-state index contributed by atoms with van der Waals surface area (Å²) in [6.07, 6.45) is 3.84. The number of aromatic nitrogens is 2. The van der Waals surface area contributed by atoms with Crippen molar-refractivity contribution >= 4 is 21.4 Å². The molecule has 1 N–H and O–H groups in total. The number of anilines is 1. The van der Waals surface area contributed by atoms with Crippen LogP contribution in [0.1, 0.15) is 16.7 Å². The predicted molar refractivity (Wildman–Crippen MR) is 113 cm³/mol. The molecule has 29 heavy (non-hydrogen) atoms. The Kier molecular flexibility index (Phi) is 4.84. The molecule has 148 valence electrons. The molecule has 0 spiro atoms. The number of rotatable bonds is 5. The van der Waals surface area contributed by atoms with Gasteiger partial charge in [-0.05, 0) is 54.8 Å². The summed E-state index contributed by atoms with van der Waals surface area (Å²) in [5.41, 5.74) is 5.14. The number of imidazole rings is 1. The first-order valence-corrected chi connectivity index (χ1v) is 10.8. The largest absolute Gasteiger partial charge is 0.306 e. The van der Waals surface area contributed by atoms with Gasteiger partial charge in [0.2, 0.25) is 10.0 Å². The number of pyridine rings is 1. The summed E-state index contributed by atoms with van der Waals surface area (Å²) in [6, 6.07) is 15.1. The van der Waals surface area contributed by atoms with Crippen LogP contribution in [0.4, 0.5) is 10.1 Å². The van der Waals surface area contributed by atoms with Gasteiger partial charge in [-0.15, -0.1) is 0 Å². The fourth-order valence-electron chi connectivity index (χ4n) is 3.23. The molecule has 4 rings (SSSR count). The molecule has 0 aliphatic rings. The SMILES string of the molecule is Cc1ccc(-c2cn3cccc(C)c3n2)cc1NS(=O)(=O)Cc1cccc(F)c1. The zero-order valence-electron chi connectivity index (χ0n) is 16.1. The minimum Gasteiger partial charge on any atom is -0.306 e. The van der Waals surface area contributed by atoms with E-state index in [0.717, 1.165) is 28.0 Å². The normalized spacial score (nSPS) is 11.7. The second kappa shape index (κ2) is 7.33. The van der Waals surface area contributed by atoms with Crippen molar-refractivity contribution < 1.29 is 12.8 Å². The summed E-state index contributed by atoms with van der Waals surface area (Å²) in [4.78, 5) is 4.67. The van der Waals surface area contributed by atoms with Gasteiger partial charge < -0.3 is 4.40 Å². The summed E-state index contributed by atoms with van der Waals surface area (Å²) in [5, 5.41) is 0. The number of benzene rings is 2. The average Bonchev–Trinajstić information content (AvgIpc) is 3.09. The Balaban J connectivity index is 1.65. The number of nitrogens with one attached hydrogen (secondary N) is 1. The van der Waals surface area contributed by atoms with Crippen molar-refractivity contribution in [2.45, 2.75) is 19.6 Å². The van der Waals surface area contributed by atoms with Gasteiger partial charge in [-0.2, -0.15) is 0 Å². The third kappa shape index (κ3) is 4.14. The second-order valence-electron chi connectivity index (χ2n) is 7.07. The molecular weight excluding hydrogens is 389 g/mol. The zero-order valence-corrected chi connectivity index (χ0v) is 16.9. The summed E-state index contributed by atoms with van der Waals surface area (Å²) >= 11 is 0. The van der Waals surface area contributed by atoms with E-state index in [-0.39, 0.29) is 5.75 Å². The van der Waals surface area contributed by atoms with Crippen LogP contribution in [0.15, 0.2) is 67.0 Å². The first kappa shape index (κ1) is 19.1. The van der Waals surface area contributed by atoms with Crippen LogP contribution in [0, 0.1) is 19.7 Å². The predicted octanol–water partition coefficient (Wildman–Crippen LogP) is 4.70. The lowest BCUT2D eigenvalue weighted by Gasteiger charge is -2.12. The van der Waals surface area contributed by atoms with E-state index in [4.69, 9.17) is 0 Å². The number of fused-ring (bicyclic) bond motifs is 1. The van der Waals surface area contributed by atoms with Gasteiger partial charge >= 0.3 is 0 Å². The second-order valence-corrected chi connectivity index (χ2v) is 8.79. The van der Waals surface area contributed by atoms with Crippen LogP contribution in [-0.4, -0.2) is 17.8 Å². The van der Waals surface area contributed by atoms with E-state index >= 15 is 0 Å². The molecule has 0 radical (unpaired) electrons. The van der Waals surface area contributed by atoms with Gasteiger partial charge in [-0.25, -0.2) is 17.8 Å². The van der Waals surface area contributed by atoms with Gasteiger partial charge in [0, 0.05) is 18.0 Å². The molecule has 2 aromatic carbocycles. The van der Waals surface area contributed by atoms with Crippen molar-refractivity contribution in [2.24, 2.45) is 0 Å². The summed E-state index contributed by atoms with van der Waals surface area (Å²) < 4.78 is 43.2. The summed E-state index contributed by atoms with van der Waals surface area (Å²) in [6.45, 7) is 3.82. The van der Waals surface area contributed by atoms with Gasteiger partial charge in [0.15, 0.2) is 0 Å². The van der Waals surface area contributed by atoms with Gasteiger partial charge in [-0.1, -0.05) is 30.3 Å². The molecule has 7 heteroatoms. The van der Waals surface area contributed by atoms with Crippen molar-refractivity contribution in [1.29, 1.82) is 0 Å². The molecule has 0 saturated carbocycles. The quantitative estimate of drug-likeness (QED) is 0.520. The lowest BCUT2D eigenvalue weighted by Crippen LogP contribution is -2.16. The number of aryl methyl sites for hydroxylation is 2. The van der Waals surface area contributed by atoms with Crippen molar-refractivity contribution in [2.75, 3.05) is 4.72 Å². The maximum absolute atomic E-state index is 13.4. The fourth-order valence-corrected chi connectivity index (χ4v) is 4.48. The van der Waals surface area contributed by atoms with E-state index in [2.05, 4.69) is 9.71 Å². The van der Waals surface area contributed by atoms with Gasteiger partial charge in [-0.3, -0.25) is 4.72 Å². The molecule has 0 amide bonds. The molecule has 4 aromatic rings. The molecule has 5 nitrogen and oxygen atoms in total. The Morgan fingerprint density at radius 1 is 1.03 bits per heavy atom. The van der Waals surface area contributed by atoms with Gasteiger partial charge in [0.1, 0.15) is 11.5 Å². The third-order valence-corrected chi connectivity index (χ3v) is 5.97. The topological polar surface area (TPSA) is 63.5 Å². The Hall–Kier alpha value is -3.19. The Bertz CT molecular complexity index is 1310. The van der Waals surface area contributed by atoms with Crippen LogP contribution in [0.3, 0.4) is 0 Å². The van der Waals surface area contributed by atoms with E-state index in [1.165, 1.54) is 18.2 Å². The molecule has 2 heterocycles. The van der Waals surface area contributed by atoms with Crippen LogP contribution < -0.4 is 4.72 Å². The van der Waals surface area contributed by atoms with Crippen molar-refractivity contribution in [3.05, 3.63) is 89.5 Å². The van der Waals surface area contributed by atoms with E-state index in [1.54, 1.807) is 12.1 Å². The first-order chi connectivity index (χ1) is 13.8. The Morgan fingerprint density at radius 3 is 2.62 bits per heavy atom. The molecule has 0 fully saturated rings. The molecule has 0 unspecified atom stereocenters. The highest BCUT2D eigenvalue weighted by atomic mass is 32.2. The zero-order chi connectivity index (χ0) is 20.6. The molecule has 0 aliphatic carbocycles. The van der Waals surface area contributed by atoms with Crippen molar-refractivity contribution in [3.8, 4) is 11.3 Å². The minimum atomic E-state index is -3.70. The Labute approximate surface area is 168 Å². The third-order valence-electron chi connectivity index (χ3n) is 4.72. The van der Waals surface area contributed by atoms with Crippen molar-refractivity contribution in [3.63, 3.8) is 0 Å². The van der Waals surface area contributed by atoms with Crippen LogP contribution >= 0.6 is 0 Å². The van der Waals surface area contributed by atoms with E-state index < -0.39 is 15.8 Å². The average molecular weight is 409 g/mol. The maximum atomic E-state index is 13.4. The minimum absolute atomic E-state index is 0.304. The monoisotopic (exact) mass is 409 g/mol. The van der Waals surface area contributed by atoms with E-state index in [1.807, 2.05) is 54.9 Å². The Morgan fingerprint density at radius 2 is 1.86 bits per heavy atom. The van der Waals surface area contributed by atoms with E-state index in [0.29, 0.717) is 11.3 Å². The lowest BCUT2D eigenvalue weighted by molar-refractivity contribution is 0.599. The summed E-state index contributed by atoms with van der Waals surface area (Å²) in [5.74, 6) is -0.764. The fraction of sp³-hybridized carbons (Fsp3) is 0.136. The number of hydrogen-bond acceptors (Lipinski definition) is 3. The molecule has 0 bridgehead atoms. The number of halogens is 1. The highest BCUT2D eigenvalue weighted by Gasteiger charge is 2.15. The number of sulfonamides is 1. The standard InChI is InChI=1S/C22H20FN3O2S/c1-15-8-9-18(21-13-26-10-4-5-16(2)22(26)24-21)12-20(15)25-29(27,28)14-17-6-3-7-19(23)11-17/h3-13,25H,14H2,1-2H3. The molecule has 2 aromatic heterocycles. The van der Waals surface area contributed by atoms with E-state index in [9.17, 15) is 12.8 Å². The van der Waals surface area contributed by atoms with Crippen molar-refractivity contribution in [1.82, 2.24) is 9.38 Å². The highest BCUT2D eigenvalue weighted by molar-refractivity contribution is 7.91. The summed E-state index contributed by atoms with van der Waals surface area (Å²) in [7, 11) is -3.70. The lowest BCUT2D eigenvalue weighted by atomic mass is 10.1. The van der Waals surface area contributed by atoms with Gasteiger partial charge in [0.25, 0.3) is 0 Å². The van der Waals surface area contributed by atoms with Crippen LogP contribution in [-0.2, 0) is 15.8 Å². The molecule has 0 aliphatic heterocycles. The maximum Gasteiger partial charge on any atom is 0.236 e. The van der Waals surface area contributed by atoms with Crippen LogP contribution in [0.5, 0.6) is 0 Å². The first-order valence-electron chi connectivity index (χ1n) is 9.11. The molecule has 0 atom stereocenters. The smallest absolute Gasteiger partial charge is 0.236 e. The van der Waals surface area contributed by atoms with Gasteiger partial charge in [0.05, 0.1) is 17.1 Å². The number of nitrogens with zero attached hydrogens (tertiary/aromatic N) is 2. The van der Waals surface area contributed by atoms with Crippen LogP contribution in [0.2, 0.25) is 0 Å². The highest BCUT2D eigenvalue weighted by Crippen LogP contribution is 2.27. The van der Waals surface area contributed by atoms with Crippen LogP contribution in [0.25, 0.3) is 16.9 Å². The molecule has 0 saturated heterocycles. The molecular formula is C22H20FN3O2S. The number of hydrogen-bond donors (Lipinski definition) is 1.